The molecular weight excluding hydrogens is 397 g/mol. The molecule has 7 heteroatoms. The number of hydrogen-bond donors (Lipinski definition) is 2. The number of piperazine rings is 1. The van der Waals surface area contributed by atoms with Crippen molar-refractivity contribution in [3.8, 4) is 0 Å². The monoisotopic (exact) mass is 423 g/mol. The molecule has 0 bridgehead atoms. The number of hydrogen-bond acceptors (Lipinski definition) is 4. The third-order valence-corrected chi connectivity index (χ3v) is 4.96. The number of methoxy groups -OCH3 is 1. The second-order valence-corrected chi connectivity index (χ2v) is 7.21. The van der Waals surface area contributed by atoms with E-state index in [-0.39, 0.29) is 24.4 Å². The molecule has 0 aliphatic carbocycles. The summed E-state index contributed by atoms with van der Waals surface area (Å²) < 4.78 is 5.16. The maximum Gasteiger partial charge on any atom is 0.234 e. The van der Waals surface area contributed by atoms with Crippen LogP contribution in [-0.2, 0) is 22.7 Å². The lowest BCUT2D eigenvalue weighted by molar-refractivity contribution is -0.123. The maximum absolute atomic E-state index is 12.5. The molecule has 3 rings (SSSR count). The van der Waals surface area contributed by atoms with E-state index in [1.807, 2.05) is 36.4 Å². The molecule has 0 spiro atoms. The number of rotatable bonds is 7. The highest BCUT2D eigenvalue weighted by Gasteiger charge is 2.25. The van der Waals surface area contributed by atoms with Crippen LogP contribution in [0.2, 0.25) is 5.02 Å². The van der Waals surface area contributed by atoms with Crippen molar-refractivity contribution in [3.63, 3.8) is 0 Å². The molecule has 0 radical (unpaired) electrons. The van der Waals surface area contributed by atoms with E-state index >= 15 is 0 Å². The summed E-state index contributed by atoms with van der Waals surface area (Å²) in [6.45, 7) is 3.98. The third-order valence-electron chi connectivity index (χ3n) is 4.73. The van der Waals surface area contributed by atoms with Crippen molar-refractivity contribution < 1.29 is 9.53 Å². The molecule has 28 heavy (non-hydrogen) atoms. The third kappa shape index (κ3) is 6.47. The summed E-state index contributed by atoms with van der Waals surface area (Å²) in [6, 6.07) is 16.1. The number of halogens is 2. The molecular formula is C21H27Cl2N3O2. The van der Waals surface area contributed by atoms with Gasteiger partial charge in [0.1, 0.15) is 0 Å². The Morgan fingerprint density at radius 2 is 2.04 bits per heavy atom. The summed E-state index contributed by atoms with van der Waals surface area (Å²) in [5.41, 5.74) is 3.31. The topological polar surface area (TPSA) is 53.6 Å². The zero-order chi connectivity index (χ0) is 19.1. The largest absolute Gasteiger partial charge is 0.380 e. The van der Waals surface area contributed by atoms with E-state index in [9.17, 15) is 4.79 Å². The number of nitrogens with one attached hydrogen (secondary N) is 2. The molecule has 1 heterocycles. The van der Waals surface area contributed by atoms with Gasteiger partial charge in [0, 0.05) is 44.4 Å². The molecule has 1 atom stereocenters. The van der Waals surface area contributed by atoms with Crippen LogP contribution in [0.5, 0.6) is 0 Å². The van der Waals surface area contributed by atoms with E-state index in [2.05, 4.69) is 27.7 Å². The summed E-state index contributed by atoms with van der Waals surface area (Å²) >= 11 is 6.14. The minimum Gasteiger partial charge on any atom is -0.380 e. The average Bonchev–Trinajstić information content (AvgIpc) is 2.67. The first kappa shape index (κ1) is 22.7. The lowest BCUT2D eigenvalue weighted by atomic mass is 10.0. The van der Waals surface area contributed by atoms with Crippen LogP contribution in [0.3, 0.4) is 0 Å². The van der Waals surface area contributed by atoms with Crippen LogP contribution in [-0.4, -0.2) is 44.1 Å². The number of amides is 1. The van der Waals surface area contributed by atoms with E-state index < -0.39 is 0 Å². The first-order chi connectivity index (χ1) is 13.2. The summed E-state index contributed by atoms with van der Waals surface area (Å²) in [7, 11) is 1.68. The second kappa shape index (κ2) is 11.4. The van der Waals surface area contributed by atoms with E-state index in [1.54, 1.807) is 7.11 Å². The van der Waals surface area contributed by atoms with Gasteiger partial charge in [0.2, 0.25) is 5.91 Å². The van der Waals surface area contributed by atoms with Crippen molar-refractivity contribution in [2.24, 2.45) is 0 Å². The Balaban J connectivity index is 0.00000280. The van der Waals surface area contributed by atoms with Crippen molar-refractivity contribution in [2.45, 2.75) is 19.2 Å². The highest BCUT2D eigenvalue weighted by molar-refractivity contribution is 6.30. The second-order valence-electron chi connectivity index (χ2n) is 6.78. The Morgan fingerprint density at radius 1 is 1.25 bits per heavy atom. The predicted molar refractivity (Wildman–Crippen MR) is 115 cm³/mol. The van der Waals surface area contributed by atoms with Gasteiger partial charge in [-0.05, 0) is 28.8 Å². The van der Waals surface area contributed by atoms with E-state index in [0.29, 0.717) is 19.7 Å². The fraction of sp³-hybridized carbons (Fsp3) is 0.381. The zero-order valence-corrected chi connectivity index (χ0v) is 17.6. The fourth-order valence-corrected chi connectivity index (χ4v) is 3.61. The van der Waals surface area contributed by atoms with Gasteiger partial charge in [-0.25, -0.2) is 0 Å². The number of benzene rings is 2. The van der Waals surface area contributed by atoms with Crippen molar-refractivity contribution in [1.82, 2.24) is 15.5 Å². The van der Waals surface area contributed by atoms with E-state index in [1.165, 1.54) is 0 Å². The standard InChI is InChI=1S/C21H26ClN3O2.ClH/c1-27-15-17-5-2-4-16(10-17)12-24-21(26)14-25-9-8-23-13-20(25)18-6-3-7-19(22)11-18;/h2-7,10-11,20,23H,8-9,12-15H2,1H3,(H,24,26);1H. The van der Waals surface area contributed by atoms with Gasteiger partial charge in [-0.2, -0.15) is 0 Å². The van der Waals surface area contributed by atoms with Gasteiger partial charge in [-0.3, -0.25) is 9.69 Å². The van der Waals surface area contributed by atoms with Gasteiger partial charge in [-0.15, -0.1) is 12.4 Å². The normalized spacial score (nSPS) is 17.0. The molecule has 1 amide bonds. The zero-order valence-electron chi connectivity index (χ0n) is 16.0. The average molecular weight is 424 g/mol. The van der Waals surface area contributed by atoms with E-state index in [4.69, 9.17) is 16.3 Å². The van der Waals surface area contributed by atoms with Crippen LogP contribution in [0.15, 0.2) is 48.5 Å². The van der Waals surface area contributed by atoms with Crippen molar-refractivity contribution >= 4 is 29.9 Å². The number of carbonyl (C=O) groups is 1. The fourth-order valence-electron chi connectivity index (χ4n) is 3.42. The molecule has 2 aromatic rings. The van der Waals surface area contributed by atoms with Crippen LogP contribution in [0, 0.1) is 0 Å². The van der Waals surface area contributed by atoms with Gasteiger partial charge in [0.05, 0.1) is 13.2 Å². The van der Waals surface area contributed by atoms with Gasteiger partial charge >= 0.3 is 0 Å². The van der Waals surface area contributed by atoms with Crippen LogP contribution in [0.25, 0.3) is 0 Å². The minimum atomic E-state index is 0. The number of nitrogens with zero attached hydrogens (tertiary/aromatic N) is 1. The van der Waals surface area contributed by atoms with Crippen LogP contribution in [0.1, 0.15) is 22.7 Å². The molecule has 1 saturated heterocycles. The molecule has 0 saturated carbocycles. The first-order valence-corrected chi connectivity index (χ1v) is 9.57. The highest BCUT2D eigenvalue weighted by atomic mass is 35.5. The molecule has 1 aliphatic heterocycles. The SMILES string of the molecule is COCc1cccc(CNC(=O)CN2CCNCC2c2cccc(Cl)c2)c1.Cl. The Bertz CT molecular complexity index is 773. The Hall–Kier alpha value is -1.63. The van der Waals surface area contributed by atoms with Crippen LogP contribution in [0.4, 0.5) is 0 Å². The van der Waals surface area contributed by atoms with Gasteiger partial charge in [0.15, 0.2) is 0 Å². The minimum absolute atomic E-state index is 0. The van der Waals surface area contributed by atoms with Gasteiger partial charge in [0.25, 0.3) is 0 Å². The molecule has 1 unspecified atom stereocenters. The Labute approximate surface area is 177 Å². The van der Waals surface area contributed by atoms with Crippen molar-refractivity contribution in [1.29, 1.82) is 0 Å². The first-order valence-electron chi connectivity index (χ1n) is 9.19. The highest BCUT2D eigenvalue weighted by Crippen LogP contribution is 2.24. The lowest BCUT2D eigenvalue weighted by Crippen LogP contribution is -2.49. The molecule has 2 aromatic carbocycles. The van der Waals surface area contributed by atoms with Crippen LogP contribution >= 0.6 is 24.0 Å². The summed E-state index contributed by atoms with van der Waals surface area (Å²) in [4.78, 5) is 14.7. The molecule has 0 aromatic heterocycles. The Kier molecular flexibility index (Phi) is 9.22. The van der Waals surface area contributed by atoms with Crippen molar-refractivity contribution in [3.05, 3.63) is 70.2 Å². The summed E-state index contributed by atoms with van der Waals surface area (Å²) in [6.07, 6.45) is 0. The van der Waals surface area contributed by atoms with Crippen LogP contribution < -0.4 is 10.6 Å². The van der Waals surface area contributed by atoms with E-state index in [0.717, 1.165) is 41.3 Å². The van der Waals surface area contributed by atoms with Gasteiger partial charge < -0.3 is 15.4 Å². The molecule has 5 nitrogen and oxygen atoms in total. The number of ether oxygens (including phenoxy) is 1. The molecule has 1 fully saturated rings. The lowest BCUT2D eigenvalue weighted by Gasteiger charge is -2.36. The molecule has 2 N–H and O–H groups in total. The van der Waals surface area contributed by atoms with Crippen molar-refractivity contribution in [2.75, 3.05) is 33.3 Å². The number of carbonyl (C=O) groups excluding carboxylic acids is 1. The Morgan fingerprint density at radius 3 is 2.82 bits per heavy atom. The predicted octanol–water partition coefficient (Wildman–Crippen LogP) is 3.17. The maximum atomic E-state index is 12.5. The summed E-state index contributed by atoms with van der Waals surface area (Å²) in [5, 5.41) is 7.16. The molecule has 1 aliphatic rings. The van der Waals surface area contributed by atoms with Gasteiger partial charge in [-0.1, -0.05) is 48.0 Å². The summed E-state index contributed by atoms with van der Waals surface area (Å²) in [5.74, 6) is 0.0288. The quantitative estimate of drug-likeness (QED) is 0.717. The smallest absolute Gasteiger partial charge is 0.234 e. The molecule has 152 valence electrons.